The molecule has 0 aliphatic carbocycles. The number of ether oxygens (including phenoxy) is 1. The van der Waals surface area contributed by atoms with E-state index in [0.717, 1.165) is 11.3 Å². The first-order valence-electron chi connectivity index (χ1n) is 8.65. The van der Waals surface area contributed by atoms with E-state index in [1.807, 2.05) is 30.3 Å². The van der Waals surface area contributed by atoms with Gasteiger partial charge in [0.15, 0.2) is 0 Å². The van der Waals surface area contributed by atoms with Gasteiger partial charge in [0.05, 0.1) is 18.8 Å². The van der Waals surface area contributed by atoms with Gasteiger partial charge in [-0.05, 0) is 36.2 Å². The molecule has 1 aliphatic rings. The summed E-state index contributed by atoms with van der Waals surface area (Å²) >= 11 is 0. The van der Waals surface area contributed by atoms with Crippen LogP contribution >= 0.6 is 0 Å². The Morgan fingerprint density at radius 1 is 1.27 bits per heavy atom. The molecule has 3 N–H and O–H groups in total. The number of hydrazine groups is 1. The minimum Gasteiger partial charge on any atom is -0.508 e. The van der Waals surface area contributed by atoms with Crippen LogP contribution in [0, 0.1) is 0 Å². The standard InChI is InChI=1S/C19H24N4O3/c1-26-11-10-23(13-15-4-2-3-9-20-15)19(25)18-12-17(21-22-18)14-5-7-16(24)8-6-14/h2-9,17-18,21-22,24H,10-13H2,1H3. The molecule has 1 aromatic carbocycles. The van der Waals surface area contributed by atoms with Gasteiger partial charge in [-0.2, -0.15) is 0 Å². The third-order valence-corrected chi connectivity index (χ3v) is 4.45. The first-order valence-corrected chi connectivity index (χ1v) is 8.65. The third-order valence-electron chi connectivity index (χ3n) is 4.45. The molecule has 1 amide bonds. The van der Waals surface area contributed by atoms with Crippen molar-refractivity contribution in [1.29, 1.82) is 0 Å². The van der Waals surface area contributed by atoms with E-state index >= 15 is 0 Å². The van der Waals surface area contributed by atoms with Crippen molar-refractivity contribution in [3.8, 4) is 5.75 Å². The minimum absolute atomic E-state index is 0.0153. The van der Waals surface area contributed by atoms with E-state index in [9.17, 15) is 9.90 Å². The van der Waals surface area contributed by atoms with Gasteiger partial charge in [-0.15, -0.1) is 0 Å². The summed E-state index contributed by atoms with van der Waals surface area (Å²) in [5.41, 5.74) is 8.14. The lowest BCUT2D eigenvalue weighted by Crippen LogP contribution is -2.46. The highest BCUT2D eigenvalue weighted by Gasteiger charge is 2.33. The Balaban J connectivity index is 1.65. The first-order chi connectivity index (χ1) is 12.7. The molecule has 26 heavy (non-hydrogen) atoms. The predicted octanol–water partition coefficient (Wildman–Crippen LogP) is 1.37. The summed E-state index contributed by atoms with van der Waals surface area (Å²) in [7, 11) is 1.62. The summed E-state index contributed by atoms with van der Waals surface area (Å²) in [6.07, 6.45) is 2.36. The van der Waals surface area contributed by atoms with Crippen LogP contribution in [0.25, 0.3) is 0 Å². The second-order valence-electron chi connectivity index (χ2n) is 6.29. The van der Waals surface area contributed by atoms with Gasteiger partial charge in [0, 0.05) is 25.9 Å². The number of aromatic hydroxyl groups is 1. The van der Waals surface area contributed by atoms with E-state index in [1.165, 1.54) is 0 Å². The van der Waals surface area contributed by atoms with Crippen LogP contribution < -0.4 is 10.9 Å². The number of phenolic OH excluding ortho intramolecular Hbond substituents is 1. The van der Waals surface area contributed by atoms with Gasteiger partial charge in [-0.25, -0.2) is 10.9 Å². The van der Waals surface area contributed by atoms with Crippen molar-refractivity contribution in [1.82, 2.24) is 20.7 Å². The Labute approximate surface area is 153 Å². The summed E-state index contributed by atoms with van der Waals surface area (Å²) in [6.45, 7) is 1.43. The molecule has 1 fully saturated rings. The number of carbonyl (C=O) groups excluding carboxylic acids is 1. The number of carbonyl (C=O) groups is 1. The molecule has 2 heterocycles. The van der Waals surface area contributed by atoms with Crippen LogP contribution in [-0.4, -0.2) is 47.2 Å². The number of rotatable bonds is 7. The third kappa shape index (κ3) is 4.57. The maximum absolute atomic E-state index is 13.0. The Morgan fingerprint density at radius 3 is 2.77 bits per heavy atom. The second-order valence-corrected chi connectivity index (χ2v) is 6.29. The van der Waals surface area contributed by atoms with Crippen LogP contribution in [0.3, 0.4) is 0 Å². The fraction of sp³-hybridized carbons (Fsp3) is 0.368. The summed E-state index contributed by atoms with van der Waals surface area (Å²) in [6, 6.07) is 12.4. The molecule has 7 heteroatoms. The van der Waals surface area contributed by atoms with E-state index in [-0.39, 0.29) is 23.7 Å². The number of hydrogen-bond donors (Lipinski definition) is 3. The second kappa shape index (κ2) is 8.75. The zero-order valence-corrected chi connectivity index (χ0v) is 14.8. The molecular weight excluding hydrogens is 332 g/mol. The van der Waals surface area contributed by atoms with Crippen LogP contribution in [0.1, 0.15) is 23.7 Å². The topological polar surface area (TPSA) is 86.7 Å². The summed E-state index contributed by atoms with van der Waals surface area (Å²) in [4.78, 5) is 19.1. The largest absolute Gasteiger partial charge is 0.508 e. The quantitative estimate of drug-likeness (QED) is 0.695. The average molecular weight is 356 g/mol. The van der Waals surface area contributed by atoms with Gasteiger partial charge >= 0.3 is 0 Å². The van der Waals surface area contributed by atoms with Crippen molar-refractivity contribution >= 4 is 5.91 Å². The molecule has 3 rings (SSSR count). The zero-order chi connectivity index (χ0) is 18.4. The molecule has 0 saturated carbocycles. The number of benzene rings is 1. The molecule has 1 aromatic heterocycles. The number of pyridine rings is 1. The van der Waals surface area contributed by atoms with Crippen LogP contribution in [0.5, 0.6) is 5.75 Å². The van der Waals surface area contributed by atoms with Gasteiger partial charge in [0.2, 0.25) is 5.91 Å². The molecule has 2 aromatic rings. The molecule has 0 spiro atoms. The summed E-state index contributed by atoms with van der Waals surface area (Å²) < 4.78 is 5.15. The molecule has 1 aliphatic heterocycles. The van der Waals surface area contributed by atoms with Crippen LogP contribution in [0.2, 0.25) is 0 Å². The highest BCUT2D eigenvalue weighted by molar-refractivity contribution is 5.82. The number of phenols is 1. The van der Waals surface area contributed by atoms with Crippen molar-refractivity contribution in [2.45, 2.75) is 25.0 Å². The van der Waals surface area contributed by atoms with E-state index in [0.29, 0.717) is 26.1 Å². The van der Waals surface area contributed by atoms with Crippen LogP contribution in [-0.2, 0) is 16.1 Å². The lowest BCUT2D eigenvalue weighted by molar-refractivity contribution is -0.134. The van der Waals surface area contributed by atoms with Gasteiger partial charge in [0.25, 0.3) is 0 Å². The zero-order valence-electron chi connectivity index (χ0n) is 14.8. The van der Waals surface area contributed by atoms with E-state index in [2.05, 4.69) is 15.8 Å². The number of hydrogen-bond acceptors (Lipinski definition) is 6. The van der Waals surface area contributed by atoms with Crippen molar-refractivity contribution in [2.24, 2.45) is 0 Å². The lowest BCUT2D eigenvalue weighted by atomic mass is 10.0. The molecule has 1 saturated heterocycles. The van der Waals surface area contributed by atoms with Crippen molar-refractivity contribution in [3.63, 3.8) is 0 Å². The Morgan fingerprint density at radius 2 is 2.08 bits per heavy atom. The number of nitrogens with one attached hydrogen (secondary N) is 2. The number of aromatic nitrogens is 1. The maximum atomic E-state index is 13.0. The summed E-state index contributed by atoms with van der Waals surface area (Å²) in [5, 5.41) is 9.42. The van der Waals surface area contributed by atoms with Gasteiger partial charge in [-0.3, -0.25) is 9.78 Å². The van der Waals surface area contributed by atoms with E-state index in [4.69, 9.17) is 4.74 Å². The smallest absolute Gasteiger partial charge is 0.241 e. The Kier molecular flexibility index (Phi) is 6.17. The molecular formula is C19H24N4O3. The highest BCUT2D eigenvalue weighted by Crippen LogP contribution is 2.24. The fourth-order valence-electron chi connectivity index (χ4n) is 3.02. The average Bonchev–Trinajstić information content (AvgIpc) is 3.16. The Bertz CT molecular complexity index is 708. The van der Waals surface area contributed by atoms with Crippen molar-refractivity contribution in [3.05, 3.63) is 59.9 Å². The first kappa shape index (κ1) is 18.3. The molecule has 138 valence electrons. The van der Waals surface area contributed by atoms with Crippen molar-refractivity contribution < 1.29 is 14.6 Å². The van der Waals surface area contributed by atoms with E-state index < -0.39 is 0 Å². The highest BCUT2D eigenvalue weighted by atomic mass is 16.5. The number of nitrogens with zero attached hydrogens (tertiary/aromatic N) is 2. The molecule has 2 unspecified atom stereocenters. The van der Waals surface area contributed by atoms with Gasteiger partial charge in [-0.1, -0.05) is 18.2 Å². The van der Waals surface area contributed by atoms with Gasteiger partial charge < -0.3 is 14.7 Å². The molecule has 0 radical (unpaired) electrons. The van der Waals surface area contributed by atoms with Crippen LogP contribution in [0.15, 0.2) is 48.7 Å². The lowest BCUT2D eigenvalue weighted by Gasteiger charge is -2.25. The number of amides is 1. The maximum Gasteiger partial charge on any atom is 0.241 e. The minimum atomic E-state index is -0.325. The predicted molar refractivity (Wildman–Crippen MR) is 97.1 cm³/mol. The molecule has 0 bridgehead atoms. The normalized spacial score (nSPS) is 19.4. The summed E-state index contributed by atoms with van der Waals surface area (Å²) in [5.74, 6) is 0.245. The SMILES string of the molecule is COCCN(Cc1ccccn1)C(=O)C1CC(c2ccc(O)cc2)NN1. The molecule has 7 nitrogen and oxygen atoms in total. The van der Waals surface area contributed by atoms with Crippen molar-refractivity contribution in [2.75, 3.05) is 20.3 Å². The van der Waals surface area contributed by atoms with Gasteiger partial charge in [0.1, 0.15) is 11.8 Å². The monoisotopic (exact) mass is 356 g/mol. The fourth-order valence-corrected chi connectivity index (χ4v) is 3.02. The number of methoxy groups -OCH3 is 1. The molecule has 2 atom stereocenters. The Hall–Kier alpha value is -2.48. The van der Waals surface area contributed by atoms with Crippen LogP contribution in [0.4, 0.5) is 0 Å². The van der Waals surface area contributed by atoms with E-state index in [1.54, 1.807) is 30.3 Å².